The van der Waals surface area contributed by atoms with Gasteiger partial charge >= 0.3 is 0 Å². The van der Waals surface area contributed by atoms with Gasteiger partial charge in [0.15, 0.2) is 0 Å². The number of aromatic nitrogens is 4. The minimum atomic E-state index is 0.912. The number of benzene rings is 4. The smallest absolute Gasteiger partial charge is 0.148 e. The molecule has 8 rings (SSSR count). The van der Waals surface area contributed by atoms with Gasteiger partial charge in [0.1, 0.15) is 5.65 Å². The molecule has 0 aliphatic heterocycles. The van der Waals surface area contributed by atoms with Gasteiger partial charge in [0.2, 0.25) is 0 Å². The highest BCUT2D eigenvalue weighted by Gasteiger charge is 2.20. The molecule has 0 saturated heterocycles. The van der Waals surface area contributed by atoms with Gasteiger partial charge in [-0.3, -0.25) is 9.55 Å². The van der Waals surface area contributed by atoms with E-state index < -0.39 is 0 Å². The number of para-hydroxylation sites is 2. The Bertz CT molecular complexity index is 2100. The van der Waals surface area contributed by atoms with E-state index in [0.29, 0.717) is 0 Å². The van der Waals surface area contributed by atoms with Crippen LogP contribution in [0.25, 0.3) is 66.5 Å². The summed E-state index contributed by atoms with van der Waals surface area (Å²) in [6, 6.07) is 44.6. The molecule has 0 unspecified atom stereocenters. The van der Waals surface area contributed by atoms with Gasteiger partial charge in [0, 0.05) is 28.3 Å². The Hall–Kier alpha value is -5.22. The zero-order valence-electron chi connectivity index (χ0n) is 20.5. The topological polar surface area (TPSA) is 35.6 Å². The minimum absolute atomic E-state index is 0.912. The fourth-order valence-corrected chi connectivity index (χ4v) is 5.65. The predicted molar refractivity (Wildman–Crippen MR) is 156 cm³/mol. The monoisotopic (exact) mass is 486 g/mol. The fraction of sp³-hybridized carbons (Fsp3) is 0. The molecule has 4 heteroatoms. The van der Waals surface area contributed by atoms with E-state index >= 15 is 0 Å². The van der Waals surface area contributed by atoms with Crippen LogP contribution in [0.15, 0.2) is 134 Å². The maximum atomic E-state index is 5.35. The summed E-state index contributed by atoms with van der Waals surface area (Å²) in [7, 11) is 0. The van der Waals surface area contributed by atoms with Crippen molar-refractivity contribution in [2.24, 2.45) is 0 Å². The second kappa shape index (κ2) is 8.15. The minimum Gasteiger partial charge on any atom is -0.308 e. The van der Waals surface area contributed by atoms with Crippen LogP contribution in [-0.4, -0.2) is 19.1 Å². The summed E-state index contributed by atoms with van der Waals surface area (Å²) in [5.41, 5.74) is 10.7. The number of rotatable bonds is 3. The highest BCUT2D eigenvalue weighted by Crippen LogP contribution is 2.37. The third-order valence-corrected chi connectivity index (χ3v) is 7.36. The molecule has 0 bridgehead atoms. The van der Waals surface area contributed by atoms with Crippen molar-refractivity contribution >= 4 is 44.0 Å². The second-order valence-corrected chi connectivity index (χ2v) is 9.53. The van der Waals surface area contributed by atoms with Gasteiger partial charge in [0.25, 0.3) is 0 Å². The normalized spacial score (nSPS) is 11.7. The Morgan fingerprint density at radius 1 is 0.447 bits per heavy atom. The molecule has 4 aromatic heterocycles. The molecular weight excluding hydrogens is 464 g/mol. The third kappa shape index (κ3) is 3.04. The van der Waals surface area contributed by atoms with E-state index in [9.17, 15) is 0 Å². The molecule has 4 aromatic carbocycles. The lowest BCUT2D eigenvalue weighted by Gasteiger charge is -2.09. The number of fused-ring (bicyclic) bond motifs is 6. The number of nitrogens with zero attached hydrogens (tertiary/aromatic N) is 4. The molecule has 4 heterocycles. The van der Waals surface area contributed by atoms with Crippen LogP contribution in [0.2, 0.25) is 0 Å². The SMILES string of the molecule is c1ccc(-c2ccc(-n3c4cccnc4c4cc5c(nc43)c3ccccc3n5-c3ccccc3)cc2)cc1. The van der Waals surface area contributed by atoms with Crippen molar-refractivity contribution in [1.29, 1.82) is 0 Å². The molecule has 8 aromatic rings. The summed E-state index contributed by atoms with van der Waals surface area (Å²) in [5, 5.41) is 2.18. The average Bonchev–Trinajstić information content (AvgIpc) is 3.49. The van der Waals surface area contributed by atoms with Gasteiger partial charge in [-0.25, -0.2) is 4.98 Å². The lowest BCUT2D eigenvalue weighted by Crippen LogP contribution is -1.96. The molecular formula is C34H22N4. The van der Waals surface area contributed by atoms with Crippen molar-refractivity contribution in [2.75, 3.05) is 0 Å². The molecule has 0 spiro atoms. The molecule has 178 valence electrons. The second-order valence-electron chi connectivity index (χ2n) is 9.53. The summed E-state index contributed by atoms with van der Waals surface area (Å²) in [5.74, 6) is 0. The number of hydrogen-bond acceptors (Lipinski definition) is 2. The van der Waals surface area contributed by atoms with Crippen molar-refractivity contribution in [1.82, 2.24) is 19.1 Å². The Morgan fingerprint density at radius 3 is 1.92 bits per heavy atom. The molecule has 0 radical (unpaired) electrons. The first kappa shape index (κ1) is 20.9. The van der Waals surface area contributed by atoms with Crippen LogP contribution in [0.4, 0.5) is 0 Å². The summed E-state index contributed by atoms with van der Waals surface area (Å²) < 4.78 is 4.54. The van der Waals surface area contributed by atoms with Crippen LogP contribution >= 0.6 is 0 Å². The lowest BCUT2D eigenvalue weighted by atomic mass is 10.1. The highest BCUT2D eigenvalue weighted by molar-refractivity contribution is 6.14. The van der Waals surface area contributed by atoms with E-state index in [1.165, 1.54) is 11.1 Å². The zero-order valence-corrected chi connectivity index (χ0v) is 20.5. The Kier molecular flexibility index (Phi) is 4.49. The maximum absolute atomic E-state index is 5.35. The van der Waals surface area contributed by atoms with Crippen LogP contribution in [0.3, 0.4) is 0 Å². The Balaban J connectivity index is 1.44. The van der Waals surface area contributed by atoms with Gasteiger partial charge < -0.3 is 4.57 Å². The highest BCUT2D eigenvalue weighted by atomic mass is 15.1. The fourth-order valence-electron chi connectivity index (χ4n) is 5.65. The van der Waals surface area contributed by atoms with E-state index in [1.807, 2.05) is 18.3 Å². The van der Waals surface area contributed by atoms with Crippen LogP contribution in [0, 0.1) is 0 Å². The molecule has 0 aliphatic carbocycles. The number of hydrogen-bond donors (Lipinski definition) is 0. The molecule has 0 fully saturated rings. The van der Waals surface area contributed by atoms with Crippen molar-refractivity contribution in [3.05, 3.63) is 134 Å². The Morgan fingerprint density at radius 2 is 1.11 bits per heavy atom. The molecule has 38 heavy (non-hydrogen) atoms. The van der Waals surface area contributed by atoms with E-state index in [-0.39, 0.29) is 0 Å². The van der Waals surface area contributed by atoms with Crippen LogP contribution in [0.5, 0.6) is 0 Å². The van der Waals surface area contributed by atoms with E-state index in [0.717, 1.165) is 55.4 Å². The third-order valence-electron chi connectivity index (χ3n) is 7.36. The first-order valence-electron chi connectivity index (χ1n) is 12.8. The predicted octanol–water partition coefficient (Wildman–Crippen LogP) is 8.34. The van der Waals surface area contributed by atoms with E-state index in [2.05, 4.69) is 124 Å². The van der Waals surface area contributed by atoms with Gasteiger partial charge in [-0.15, -0.1) is 0 Å². The van der Waals surface area contributed by atoms with Gasteiger partial charge in [0.05, 0.1) is 27.6 Å². The molecule has 0 N–H and O–H groups in total. The van der Waals surface area contributed by atoms with Gasteiger partial charge in [-0.1, -0.05) is 78.9 Å². The van der Waals surface area contributed by atoms with E-state index in [4.69, 9.17) is 9.97 Å². The van der Waals surface area contributed by atoms with E-state index in [1.54, 1.807) is 0 Å². The first-order valence-corrected chi connectivity index (χ1v) is 12.8. The van der Waals surface area contributed by atoms with Crippen LogP contribution < -0.4 is 0 Å². The lowest BCUT2D eigenvalue weighted by molar-refractivity contribution is 1.14. The largest absolute Gasteiger partial charge is 0.308 e. The molecule has 4 nitrogen and oxygen atoms in total. The van der Waals surface area contributed by atoms with Crippen LogP contribution in [-0.2, 0) is 0 Å². The summed E-state index contributed by atoms with van der Waals surface area (Å²) >= 11 is 0. The molecule has 0 saturated carbocycles. The summed E-state index contributed by atoms with van der Waals surface area (Å²) in [6.07, 6.45) is 1.86. The average molecular weight is 487 g/mol. The van der Waals surface area contributed by atoms with Gasteiger partial charge in [-0.05, 0) is 59.7 Å². The zero-order chi connectivity index (χ0) is 25.1. The van der Waals surface area contributed by atoms with Gasteiger partial charge in [-0.2, -0.15) is 0 Å². The molecule has 0 amide bonds. The standard InChI is InChI=1S/C34H22N4/c1-3-10-23(11-4-1)24-17-19-26(20-18-24)38-30-16-9-21-35-32(30)28-22-31-33(36-34(28)38)27-14-7-8-15-29(27)37(31)25-12-5-2-6-13-25/h1-22H. The maximum Gasteiger partial charge on any atom is 0.148 e. The molecule has 0 atom stereocenters. The number of pyridine rings is 2. The van der Waals surface area contributed by atoms with Crippen molar-refractivity contribution in [3.63, 3.8) is 0 Å². The molecule has 0 aliphatic rings. The van der Waals surface area contributed by atoms with Crippen molar-refractivity contribution < 1.29 is 0 Å². The quantitative estimate of drug-likeness (QED) is 0.252. The van der Waals surface area contributed by atoms with Crippen molar-refractivity contribution in [2.45, 2.75) is 0 Å². The first-order chi connectivity index (χ1) is 18.9. The summed E-state index contributed by atoms with van der Waals surface area (Å²) in [6.45, 7) is 0. The van der Waals surface area contributed by atoms with Crippen molar-refractivity contribution in [3.8, 4) is 22.5 Å². The van der Waals surface area contributed by atoms with Crippen LogP contribution in [0.1, 0.15) is 0 Å². The summed E-state index contributed by atoms with van der Waals surface area (Å²) in [4.78, 5) is 10.2. The Labute approximate surface area is 219 Å².